The zero-order valence-electron chi connectivity index (χ0n) is 15.2. The molecule has 1 fully saturated rings. The monoisotopic (exact) mass is 405 g/mol. The van der Waals surface area contributed by atoms with Gasteiger partial charge in [0.2, 0.25) is 5.91 Å². The molecule has 0 aromatic carbocycles. The number of esters is 1. The normalized spacial score (nSPS) is 15.6. The molecule has 1 aliphatic rings. The zero-order chi connectivity index (χ0) is 19.6. The molecule has 27 heavy (non-hydrogen) atoms. The molecular weight excluding hydrogens is 386 g/mol. The van der Waals surface area contributed by atoms with Crippen LogP contribution in [0, 0.1) is 13.8 Å². The van der Waals surface area contributed by atoms with E-state index >= 15 is 0 Å². The molecule has 0 atom stereocenters. The minimum Gasteiger partial charge on any atom is -0.463 e. The van der Waals surface area contributed by atoms with Crippen molar-refractivity contribution in [2.75, 3.05) is 18.9 Å². The van der Waals surface area contributed by atoms with E-state index in [2.05, 4.69) is 4.98 Å². The number of hydrogen-bond donors (Lipinski definition) is 0. The summed E-state index contributed by atoms with van der Waals surface area (Å²) in [5.41, 5.74) is 2.22. The van der Waals surface area contributed by atoms with Gasteiger partial charge in [0.05, 0.1) is 30.0 Å². The van der Waals surface area contributed by atoms with Crippen molar-refractivity contribution in [2.24, 2.45) is 0 Å². The van der Waals surface area contributed by atoms with Gasteiger partial charge in [-0.05, 0) is 26.8 Å². The van der Waals surface area contributed by atoms with Gasteiger partial charge in [-0.25, -0.2) is 9.78 Å². The fraction of sp³-hybridized carbons (Fsp3) is 0.333. The summed E-state index contributed by atoms with van der Waals surface area (Å²) in [4.78, 5) is 42.4. The van der Waals surface area contributed by atoms with Crippen LogP contribution in [0.2, 0.25) is 0 Å². The number of aromatic nitrogens is 2. The van der Waals surface area contributed by atoms with Crippen molar-refractivity contribution in [3.63, 3.8) is 0 Å². The Morgan fingerprint density at radius 1 is 1.37 bits per heavy atom. The first kappa shape index (κ1) is 19.4. The summed E-state index contributed by atoms with van der Waals surface area (Å²) in [5, 5.41) is 3.11. The van der Waals surface area contributed by atoms with Crippen molar-refractivity contribution >= 4 is 40.8 Å². The molecule has 0 aliphatic carbocycles. The van der Waals surface area contributed by atoms with Crippen LogP contribution >= 0.6 is 23.1 Å². The van der Waals surface area contributed by atoms with Gasteiger partial charge in [-0.15, -0.1) is 11.3 Å². The quantitative estimate of drug-likeness (QED) is 0.418. The standard InChI is InChI=1S/C18H19N3O4S2/c1-4-25-17(24)8-16-20(15(23)10-27-16)9-14(22)13-7-11(2)21(12(13)3)18-19-5-6-26-18/h5-8H,4,9-10H2,1-3H3/b16-8-. The number of nitrogens with zero attached hydrogens (tertiary/aromatic N) is 3. The molecule has 0 unspecified atom stereocenters. The number of thioether (sulfide) groups is 1. The van der Waals surface area contributed by atoms with E-state index in [0.29, 0.717) is 10.6 Å². The highest BCUT2D eigenvalue weighted by Gasteiger charge is 2.30. The second-order valence-electron chi connectivity index (χ2n) is 5.86. The van der Waals surface area contributed by atoms with Crippen LogP contribution in [0.15, 0.2) is 28.7 Å². The molecule has 3 heterocycles. The molecule has 142 valence electrons. The van der Waals surface area contributed by atoms with Crippen molar-refractivity contribution in [3.05, 3.63) is 45.7 Å². The number of ether oxygens (including phenoxy) is 1. The van der Waals surface area contributed by atoms with Crippen LogP contribution in [-0.4, -0.2) is 51.0 Å². The third-order valence-corrected chi connectivity index (χ3v) is 5.86. The molecule has 0 spiro atoms. The molecule has 2 aromatic heterocycles. The smallest absolute Gasteiger partial charge is 0.333 e. The highest BCUT2D eigenvalue weighted by molar-refractivity contribution is 8.04. The lowest BCUT2D eigenvalue weighted by Gasteiger charge is -2.16. The van der Waals surface area contributed by atoms with Gasteiger partial charge in [0.25, 0.3) is 0 Å². The maximum atomic E-state index is 12.9. The predicted octanol–water partition coefficient (Wildman–Crippen LogP) is 2.71. The van der Waals surface area contributed by atoms with E-state index in [9.17, 15) is 14.4 Å². The summed E-state index contributed by atoms with van der Waals surface area (Å²) < 4.78 is 6.82. The molecule has 0 radical (unpaired) electrons. The van der Waals surface area contributed by atoms with Gasteiger partial charge in [-0.3, -0.25) is 19.1 Å². The molecule has 3 rings (SSSR count). The fourth-order valence-electron chi connectivity index (χ4n) is 2.88. The van der Waals surface area contributed by atoms with Gasteiger partial charge >= 0.3 is 5.97 Å². The number of amides is 1. The number of carbonyl (C=O) groups is 3. The number of hydrogen-bond acceptors (Lipinski definition) is 7. The van der Waals surface area contributed by atoms with Crippen LogP contribution in [0.1, 0.15) is 28.7 Å². The van der Waals surface area contributed by atoms with Crippen molar-refractivity contribution in [1.29, 1.82) is 0 Å². The lowest BCUT2D eigenvalue weighted by atomic mass is 10.1. The molecule has 0 saturated carbocycles. The molecule has 1 saturated heterocycles. The number of carbonyl (C=O) groups excluding carboxylic acids is 3. The first-order chi connectivity index (χ1) is 12.9. The van der Waals surface area contributed by atoms with Gasteiger partial charge in [0.1, 0.15) is 0 Å². The Bertz CT molecular complexity index is 915. The Morgan fingerprint density at radius 2 is 2.15 bits per heavy atom. The van der Waals surface area contributed by atoms with E-state index in [1.165, 1.54) is 34.1 Å². The number of aryl methyl sites for hydroxylation is 1. The van der Waals surface area contributed by atoms with E-state index in [0.717, 1.165) is 16.5 Å². The summed E-state index contributed by atoms with van der Waals surface area (Å²) in [6, 6.07) is 1.81. The topological polar surface area (TPSA) is 81.5 Å². The average molecular weight is 406 g/mol. The van der Waals surface area contributed by atoms with Gasteiger partial charge in [0, 0.05) is 28.5 Å². The summed E-state index contributed by atoms with van der Waals surface area (Å²) in [5.74, 6) is -0.695. The highest BCUT2D eigenvalue weighted by Crippen LogP contribution is 2.30. The molecule has 2 aromatic rings. The number of rotatable bonds is 6. The lowest BCUT2D eigenvalue weighted by molar-refractivity contribution is -0.137. The minimum absolute atomic E-state index is 0.112. The predicted molar refractivity (Wildman–Crippen MR) is 104 cm³/mol. The van der Waals surface area contributed by atoms with Crippen LogP contribution in [0.5, 0.6) is 0 Å². The van der Waals surface area contributed by atoms with Crippen molar-refractivity contribution < 1.29 is 19.1 Å². The van der Waals surface area contributed by atoms with Crippen LogP contribution < -0.4 is 0 Å². The van der Waals surface area contributed by atoms with Gasteiger partial charge in [-0.2, -0.15) is 0 Å². The molecule has 0 bridgehead atoms. The Hall–Kier alpha value is -2.39. The van der Waals surface area contributed by atoms with Gasteiger partial charge < -0.3 is 4.74 Å². The SMILES string of the molecule is CCOC(=O)/C=C1\SCC(=O)N1CC(=O)c1cc(C)n(-c2nccs2)c1C. The summed E-state index contributed by atoms with van der Waals surface area (Å²) in [6.45, 7) is 5.62. The zero-order valence-corrected chi connectivity index (χ0v) is 16.9. The maximum absolute atomic E-state index is 12.9. The van der Waals surface area contributed by atoms with E-state index in [1.807, 2.05) is 29.9 Å². The fourth-order valence-corrected chi connectivity index (χ4v) is 4.56. The maximum Gasteiger partial charge on any atom is 0.333 e. The second kappa shape index (κ2) is 8.10. The van der Waals surface area contributed by atoms with E-state index < -0.39 is 5.97 Å². The average Bonchev–Trinajstić information content (AvgIpc) is 3.31. The molecule has 7 nitrogen and oxygen atoms in total. The Labute approximate surface area is 165 Å². The van der Waals surface area contributed by atoms with Crippen LogP contribution in [0.4, 0.5) is 0 Å². The summed E-state index contributed by atoms with van der Waals surface area (Å²) in [6.07, 6.45) is 2.98. The first-order valence-electron chi connectivity index (χ1n) is 8.36. The Balaban J connectivity index is 1.83. The molecule has 1 amide bonds. The van der Waals surface area contributed by atoms with Crippen molar-refractivity contribution in [3.8, 4) is 5.13 Å². The molecule has 9 heteroatoms. The largest absolute Gasteiger partial charge is 0.463 e. The molecule has 1 aliphatic heterocycles. The third-order valence-electron chi connectivity index (χ3n) is 4.08. The van der Waals surface area contributed by atoms with Crippen LogP contribution in [0.25, 0.3) is 5.13 Å². The van der Waals surface area contributed by atoms with E-state index in [1.54, 1.807) is 13.1 Å². The Kier molecular flexibility index (Phi) is 5.81. The Morgan fingerprint density at radius 3 is 2.81 bits per heavy atom. The number of Topliss-reactive ketones (excluding diaryl/α,β-unsaturated/α-hetero) is 1. The van der Waals surface area contributed by atoms with E-state index in [4.69, 9.17) is 4.74 Å². The summed E-state index contributed by atoms with van der Waals surface area (Å²) >= 11 is 2.72. The lowest BCUT2D eigenvalue weighted by Crippen LogP contribution is -2.31. The highest BCUT2D eigenvalue weighted by atomic mass is 32.2. The molecule has 0 N–H and O–H groups in total. The van der Waals surface area contributed by atoms with Gasteiger partial charge in [-0.1, -0.05) is 11.8 Å². The summed E-state index contributed by atoms with van der Waals surface area (Å²) in [7, 11) is 0. The minimum atomic E-state index is -0.519. The van der Waals surface area contributed by atoms with Crippen LogP contribution in [-0.2, 0) is 14.3 Å². The van der Waals surface area contributed by atoms with E-state index in [-0.39, 0.29) is 30.6 Å². The first-order valence-corrected chi connectivity index (χ1v) is 10.2. The second-order valence-corrected chi connectivity index (χ2v) is 7.73. The van der Waals surface area contributed by atoms with Crippen molar-refractivity contribution in [1.82, 2.24) is 14.5 Å². The third kappa shape index (κ3) is 3.98. The molecular formula is C18H19N3O4S2. The number of ketones is 1. The van der Waals surface area contributed by atoms with Gasteiger partial charge in [0.15, 0.2) is 10.9 Å². The van der Waals surface area contributed by atoms with Crippen LogP contribution in [0.3, 0.4) is 0 Å². The van der Waals surface area contributed by atoms with Crippen molar-refractivity contribution in [2.45, 2.75) is 20.8 Å². The number of thiazole rings is 1.